The third-order valence-electron chi connectivity index (χ3n) is 2.08. The van der Waals surface area contributed by atoms with Gasteiger partial charge in [0.05, 0.1) is 0 Å². The van der Waals surface area contributed by atoms with Crippen LogP contribution in [0, 0.1) is 0 Å². The van der Waals surface area contributed by atoms with Crippen LogP contribution < -0.4 is 5.32 Å². The van der Waals surface area contributed by atoms with Crippen molar-refractivity contribution in [2.75, 3.05) is 0 Å². The maximum absolute atomic E-state index is 11.3. The Hall–Kier alpha value is -1.16. The summed E-state index contributed by atoms with van der Waals surface area (Å²) in [6, 6.07) is 7.74. The van der Waals surface area contributed by atoms with Gasteiger partial charge in [-0.05, 0) is 24.6 Å². The van der Waals surface area contributed by atoms with Gasteiger partial charge < -0.3 is 10.1 Å². The summed E-state index contributed by atoms with van der Waals surface area (Å²) in [4.78, 5) is 22.0. The number of hydrogen-bond donors (Lipinski definition) is 1. The minimum absolute atomic E-state index is 0.0394. The van der Waals surface area contributed by atoms with Gasteiger partial charge in [0.2, 0.25) is 5.91 Å². The van der Waals surface area contributed by atoms with Crippen LogP contribution in [0.4, 0.5) is 0 Å². The predicted molar refractivity (Wildman–Crippen MR) is 65.9 cm³/mol. The fourth-order valence-electron chi connectivity index (χ4n) is 1.23. The molecule has 3 nitrogen and oxygen atoms in total. The molecule has 1 amide bonds. The maximum atomic E-state index is 11.3. The van der Waals surface area contributed by atoms with Crippen molar-refractivity contribution in [3.63, 3.8) is 0 Å². The zero-order valence-electron chi connectivity index (χ0n) is 9.13. The zero-order chi connectivity index (χ0) is 12.0. The van der Waals surface area contributed by atoms with Gasteiger partial charge in [0, 0.05) is 23.9 Å². The predicted octanol–water partition coefficient (Wildman–Crippen LogP) is 2.43. The van der Waals surface area contributed by atoms with E-state index in [0.717, 1.165) is 10.0 Å². The van der Waals surface area contributed by atoms with Crippen LogP contribution in [0.1, 0.15) is 25.3 Å². The van der Waals surface area contributed by atoms with E-state index in [-0.39, 0.29) is 18.1 Å². The van der Waals surface area contributed by atoms with Crippen molar-refractivity contribution in [1.82, 2.24) is 5.32 Å². The number of carbonyl (C=O) groups excluding carboxylic acids is 2. The number of rotatable bonds is 5. The second-order valence-electron chi connectivity index (χ2n) is 3.61. The van der Waals surface area contributed by atoms with Crippen molar-refractivity contribution in [3.05, 3.63) is 34.3 Å². The van der Waals surface area contributed by atoms with E-state index in [0.29, 0.717) is 13.0 Å². The minimum Gasteiger partial charge on any atom is -0.352 e. The summed E-state index contributed by atoms with van der Waals surface area (Å²) < 4.78 is 0.989. The second kappa shape index (κ2) is 6.43. The number of hydrogen-bond acceptors (Lipinski definition) is 2. The van der Waals surface area contributed by atoms with Gasteiger partial charge in [-0.2, -0.15) is 0 Å². The Balaban J connectivity index is 2.34. The molecule has 0 heterocycles. The molecule has 1 aromatic carbocycles. The van der Waals surface area contributed by atoms with Crippen molar-refractivity contribution in [1.29, 1.82) is 0 Å². The van der Waals surface area contributed by atoms with Crippen LogP contribution >= 0.6 is 15.9 Å². The van der Waals surface area contributed by atoms with Crippen molar-refractivity contribution in [2.24, 2.45) is 0 Å². The lowest BCUT2D eigenvalue weighted by Gasteiger charge is -2.04. The maximum Gasteiger partial charge on any atom is 0.220 e. The number of halogens is 1. The monoisotopic (exact) mass is 283 g/mol. The number of benzene rings is 1. The smallest absolute Gasteiger partial charge is 0.220 e. The molecule has 1 N–H and O–H groups in total. The summed E-state index contributed by atoms with van der Waals surface area (Å²) in [7, 11) is 0. The lowest BCUT2D eigenvalue weighted by atomic mass is 10.2. The van der Waals surface area contributed by atoms with Crippen LogP contribution in [0.2, 0.25) is 0 Å². The molecule has 0 radical (unpaired) electrons. The van der Waals surface area contributed by atoms with Crippen molar-refractivity contribution >= 4 is 27.6 Å². The van der Waals surface area contributed by atoms with E-state index in [1.54, 1.807) is 0 Å². The molecule has 0 saturated carbocycles. The van der Waals surface area contributed by atoms with Crippen LogP contribution in [-0.2, 0) is 16.1 Å². The Kier molecular flexibility index (Phi) is 5.19. The SMILES string of the molecule is CC(=O)CCC(=O)NCc1cccc(Br)c1. The summed E-state index contributed by atoms with van der Waals surface area (Å²) in [6.45, 7) is 1.98. The Bertz CT molecular complexity index is 390. The molecule has 0 aliphatic rings. The summed E-state index contributed by atoms with van der Waals surface area (Å²) >= 11 is 3.36. The van der Waals surface area contributed by atoms with E-state index < -0.39 is 0 Å². The van der Waals surface area contributed by atoms with E-state index in [2.05, 4.69) is 21.2 Å². The molecule has 0 unspecified atom stereocenters. The fraction of sp³-hybridized carbons (Fsp3) is 0.333. The molecule has 0 aromatic heterocycles. The third kappa shape index (κ3) is 5.07. The molecule has 0 aliphatic heterocycles. The Labute approximate surface area is 103 Å². The number of Topliss-reactive ketones (excluding diaryl/α,β-unsaturated/α-hetero) is 1. The van der Waals surface area contributed by atoms with Crippen molar-refractivity contribution < 1.29 is 9.59 Å². The molecular weight excluding hydrogens is 270 g/mol. The third-order valence-corrected chi connectivity index (χ3v) is 2.58. The van der Waals surface area contributed by atoms with Gasteiger partial charge in [-0.3, -0.25) is 4.79 Å². The topological polar surface area (TPSA) is 46.2 Å². The van der Waals surface area contributed by atoms with Crippen LogP contribution in [0.5, 0.6) is 0 Å². The van der Waals surface area contributed by atoms with E-state index in [1.165, 1.54) is 6.92 Å². The molecule has 0 fully saturated rings. The van der Waals surface area contributed by atoms with Crippen LogP contribution in [0.15, 0.2) is 28.7 Å². The first kappa shape index (κ1) is 12.9. The summed E-state index contributed by atoms with van der Waals surface area (Å²) in [5.41, 5.74) is 1.03. The highest BCUT2D eigenvalue weighted by atomic mass is 79.9. The molecule has 86 valence electrons. The van der Waals surface area contributed by atoms with Gasteiger partial charge in [-0.25, -0.2) is 0 Å². The summed E-state index contributed by atoms with van der Waals surface area (Å²) in [5, 5.41) is 2.77. The van der Waals surface area contributed by atoms with Crippen LogP contribution in [-0.4, -0.2) is 11.7 Å². The van der Waals surface area contributed by atoms with Gasteiger partial charge in [0.15, 0.2) is 0 Å². The number of nitrogens with one attached hydrogen (secondary N) is 1. The largest absolute Gasteiger partial charge is 0.352 e. The van der Waals surface area contributed by atoms with Gasteiger partial charge in [0.1, 0.15) is 5.78 Å². The van der Waals surface area contributed by atoms with E-state index in [1.807, 2.05) is 24.3 Å². The second-order valence-corrected chi connectivity index (χ2v) is 4.52. The van der Waals surface area contributed by atoms with Gasteiger partial charge in [-0.1, -0.05) is 28.1 Å². The average molecular weight is 284 g/mol. The lowest BCUT2D eigenvalue weighted by molar-refractivity contribution is -0.124. The molecule has 1 aromatic rings. The highest BCUT2D eigenvalue weighted by Crippen LogP contribution is 2.11. The molecule has 0 aliphatic carbocycles. The Morgan fingerprint density at radius 3 is 2.69 bits per heavy atom. The normalized spacial score (nSPS) is 9.88. The molecule has 0 saturated heterocycles. The average Bonchev–Trinajstić information content (AvgIpc) is 2.23. The van der Waals surface area contributed by atoms with Gasteiger partial charge in [0.25, 0.3) is 0 Å². The molecule has 0 bridgehead atoms. The first-order valence-electron chi connectivity index (χ1n) is 5.08. The molecule has 0 atom stereocenters. The van der Waals surface area contributed by atoms with Crippen LogP contribution in [0.3, 0.4) is 0 Å². The van der Waals surface area contributed by atoms with E-state index in [4.69, 9.17) is 0 Å². The minimum atomic E-state index is -0.0878. The fourth-order valence-corrected chi connectivity index (χ4v) is 1.67. The van der Waals surface area contributed by atoms with E-state index >= 15 is 0 Å². The quantitative estimate of drug-likeness (QED) is 0.902. The highest BCUT2D eigenvalue weighted by Gasteiger charge is 2.03. The first-order chi connectivity index (χ1) is 7.58. The molecular formula is C12H14BrNO2. The van der Waals surface area contributed by atoms with Crippen LogP contribution in [0.25, 0.3) is 0 Å². The molecule has 1 rings (SSSR count). The Morgan fingerprint density at radius 2 is 2.06 bits per heavy atom. The van der Waals surface area contributed by atoms with E-state index in [9.17, 15) is 9.59 Å². The van der Waals surface area contributed by atoms with Gasteiger partial charge in [-0.15, -0.1) is 0 Å². The zero-order valence-corrected chi connectivity index (χ0v) is 10.7. The summed E-state index contributed by atoms with van der Waals surface area (Å²) in [6.07, 6.45) is 0.577. The number of amides is 1. The van der Waals surface area contributed by atoms with Gasteiger partial charge >= 0.3 is 0 Å². The number of ketones is 1. The number of carbonyl (C=O) groups is 2. The summed E-state index contributed by atoms with van der Waals surface area (Å²) in [5.74, 6) is -0.0484. The standard InChI is InChI=1S/C12H14BrNO2/c1-9(15)5-6-12(16)14-8-10-3-2-4-11(13)7-10/h2-4,7H,5-6,8H2,1H3,(H,14,16). The molecule has 0 spiro atoms. The lowest BCUT2D eigenvalue weighted by Crippen LogP contribution is -2.22. The molecule has 16 heavy (non-hydrogen) atoms. The van der Waals surface area contributed by atoms with Crippen molar-refractivity contribution in [3.8, 4) is 0 Å². The molecule has 4 heteroatoms. The first-order valence-corrected chi connectivity index (χ1v) is 5.88. The highest BCUT2D eigenvalue weighted by molar-refractivity contribution is 9.10. The van der Waals surface area contributed by atoms with Crippen molar-refractivity contribution in [2.45, 2.75) is 26.3 Å². The Morgan fingerprint density at radius 1 is 1.31 bits per heavy atom.